The number of halogens is 1. The molecule has 0 aromatic carbocycles. The normalized spacial score (nSPS) is 14.7. The second-order valence-corrected chi connectivity index (χ2v) is 6.29. The fourth-order valence-corrected chi connectivity index (χ4v) is 3.11. The molecule has 0 saturated carbocycles. The van der Waals surface area contributed by atoms with Gasteiger partial charge in [-0.1, -0.05) is 6.92 Å². The SMILES string of the molecule is CCNC(=NCCn1cnnc1CC)N1CCN(C(=O)c2ccco2)CC1.I. The van der Waals surface area contributed by atoms with Crippen LogP contribution in [0.5, 0.6) is 0 Å². The van der Waals surface area contributed by atoms with E-state index in [2.05, 4.69) is 34.3 Å². The van der Waals surface area contributed by atoms with Gasteiger partial charge in [-0.3, -0.25) is 9.79 Å². The number of aliphatic imine (C=N–C) groups is 1. The first-order chi connectivity index (χ1) is 13.2. The van der Waals surface area contributed by atoms with Crippen LogP contribution in [0.25, 0.3) is 0 Å². The molecule has 1 saturated heterocycles. The minimum Gasteiger partial charge on any atom is -0.459 e. The monoisotopic (exact) mass is 501 g/mol. The van der Waals surface area contributed by atoms with Crippen LogP contribution in [-0.4, -0.2) is 75.7 Å². The molecule has 2 aromatic heterocycles. The number of aryl methyl sites for hydroxylation is 1. The third-order valence-corrected chi connectivity index (χ3v) is 4.55. The van der Waals surface area contributed by atoms with Crippen LogP contribution in [0.3, 0.4) is 0 Å². The summed E-state index contributed by atoms with van der Waals surface area (Å²) in [4.78, 5) is 21.1. The van der Waals surface area contributed by atoms with E-state index >= 15 is 0 Å². The summed E-state index contributed by atoms with van der Waals surface area (Å²) in [7, 11) is 0. The number of carbonyl (C=O) groups excluding carboxylic acids is 1. The highest BCUT2D eigenvalue weighted by atomic mass is 127. The number of nitrogens with zero attached hydrogens (tertiary/aromatic N) is 6. The first kappa shape index (κ1) is 22.2. The van der Waals surface area contributed by atoms with Crippen LogP contribution < -0.4 is 5.32 Å². The van der Waals surface area contributed by atoms with Gasteiger partial charge in [-0.2, -0.15) is 0 Å². The van der Waals surface area contributed by atoms with Gasteiger partial charge in [0.15, 0.2) is 11.7 Å². The zero-order valence-electron chi connectivity index (χ0n) is 16.4. The lowest BCUT2D eigenvalue weighted by Crippen LogP contribution is -2.53. The number of aromatic nitrogens is 3. The smallest absolute Gasteiger partial charge is 0.289 e. The van der Waals surface area contributed by atoms with Gasteiger partial charge < -0.3 is 24.1 Å². The van der Waals surface area contributed by atoms with Gasteiger partial charge in [0.05, 0.1) is 12.8 Å². The molecule has 3 heterocycles. The molecule has 154 valence electrons. The Balaban J connectivity index is 0.00000280. The van der Waals surface area contributed by atoms with Gasteiger partial charge in [0.25, 0.3) is 5.91 Å². The number of piperazine rings is 1. The van der Waals surface area contributed by atoms with Crippen molar-refractivity contribution in [2.24, 2.45) is 4.99 Å². The first-order valence-corrected chi connectivity index (χ1v) is 9.45. The van der Waals surface area contributed by atoms with E-state index in [1.54, 1.807) is 18.5 Å². The predicted octanol–water partition coefficient (Wildman–Crippen LogP) is 1.47. The van der Waals surface area contributed by atoms with Gasteiger partial charge in [-0.25, -0.2) is 0 Å². The van der Waals surface area contributed by atoms with Crippen LogP contribution in [0.15, 0.2) is 34.1 Å². The number of hydrogen-bond donors (Lipinski definition) is 1. The number of furan rings is 1. The molecule has 28 heavy (non-hydrogen) atoms. The molecule has 1 aliphatic rings. The lowest BCUT2D eigenvalue weighted by atomic mass is 10.3. The Morgan fingerprint density at radius 3 is 2.64 bits per heavy atom. The second kappa shape index (κ2) is 11.0. The summed E-state index contributed by atoms with van der Waals surface area (Å²) in [6.45, 7) is 9.11. The summed E-state index contributed by atoms with van der Waals surface area (Å²) < 4.78 is 7.25. The van der Waals surface area contributed by atoms with E-state index in [-0.39, 0.29) is 29.9 Å². The fourth-order valence-electron chi connectivity index (χ4n) is 3.11. The molecule has 0 aliphatic carbocycles. The summed E-state index contributed by atoms with van der Waals surface area (Å²) in [5, 5.41) is 11.4. The van der Waals surface area contributed by atoms with Gasteiger partial charge in [0.1, 0.15) is 12.2 Å². The average Bonchev–Trinajstić information content (AvgIpc) is 3.39. The fraction of sp³-hybridized carbons (Fsp3) is 0.556. The summed E-state index contributed by atoms with van der Waals surface area (Å²) in [5.41, 5.74) is 0. The Kier molecular flexibility index (Phi) is 8.74. The lowest BCUT2D eigenvalue weighted by molar-refractivity contribution is 0.0657. The van der Waals surface area contributed by atoms with E-state index in [4.69, 9.17) is 9.41 Å². The van der Waals surface area contributed by atoms with E-state index in [0.717, 1.165) is 44.4 Å². The summed E-state index contributed by atoms with van der Waals surface area (Å²) in [6.07, 6.45) is 4.13. The van der Waals surface area contributed by atoms with E-state index < -0.39 is 0 Å². The number of amides is 1. The van der Waals surface area contributed by atoms with E-state index in [9.17, 15) is 4.79 Å². The molecule has 0 radical (unpaired) electrons. The van der Waals surface area contributed by atoms with Crippen molar-refractivity contribution < 1.29 is 9.21 Å². The Morgan fingerprint density at radius 1 is 1.25 bits per heavy atom. The lowest BCUT2D eigenvalue weighted by Gasteiger charge is -2.36. The van der Waals surface area contributed by atoms with Crippen LogP contribution >= 0.6 is 24.0 Å². The maximum absolute atomic E-state index is 12.4. The molecule has 0 atom stereocenters. The van der Waals surface area contributed by atoms with Crippen LogP contribution in [-0.2, 0) is 13.0 Å². The minimum atomic E-state index is -0.0544. The maximum Gasteiger partial charge on any atom is 0.289 e. The predicted molar refractivity (Wildman–Crippen MR) is 117 cm³/mol. The van der Waals surface area contributed by atoms with Crippen LogP contribution in [0, 0.1) is 0 Å². The number of rotatable bonds is 6. The van der Waals surface area contributed by atoms with Crippen molar-refractivity contribution in [3.63, 3.8) is 0 Å². The highest BCUT2D eigenvalue weighted by Crippen LogP contribution is 2.09. The molecule has 2 aromatic rings. The average molecular weight is 501 g/mol. The molecule has 1 fully saturated rings. The van der Waals surface area contributed by atoms with Crippen LogP contribution in [0.2, 0.25) is 0 Å². The van der Waals surface area contributed by atoms with Crippen molar-refractivity contribution in [3.8, 4) is 0 Å². The third-order valence-electron chi connectivity index (χ3n) is 4.55. The third kappa shape index (κ3) is 5.46. The molecule has 0 bridgehead atoms. The van der Waals surface area contributed by atoms with Crippen molar-refractivity contribution in [1.82, 2.24) is 29.9 Å². The van der Waals surface area contributed by atoms with Gasteiger partial charge >= 0.3 is 0 Å². The van der Waals surface area contributed by atoms with Gasteiger partial charge in [0, 0.05) is 45.7 Å². The Bertz CT molecular complexity index is 752. The van der Waals surface area contributed by atoms with Crippen molar-refractivity contribution in [2.45, 2.75) is 26.8 Å². The van der Waals surface area contributed by atoms with Gasteiger partial charge in [-0.15, -0.1) is 34.2 Å². The molecule has 3 rings (SSSR count). The largest absolute Gasteiger partial charge is 0.459 e. The zero-order chi connectivity index (χ0) is 19.1. The molecule has 0 spiro atoms. The minimum absolute atomic E-state index is 0. The highest BCUT2D eigenvalue weighted by molar-refractivity contribution is 14.0. The number of guanidine groups is 1. The van der Waals surface area contributed by atoms with Crippen molar-refractivity contribution >= 4 is 35.8 Å². The van der Waals surface area contributed by atoms with Crippen molar-refractivity contribution in [2.75, 3.05) is 39.3 Å². The van der Waals surface area contributed by atoms with Crippen LogP contribution in [0.4, 0.5) is 0 Å². The van der Waals surface area contributed by atoms with Crippen LogP contribution in [0.1, 0.15) is 30.2 Å². The zero-order valence-corrected chi connectivity index (χ0v) is 18.7. The molecule has 0 unspecified atom stereocenters. The van der Waals surface area contributed by atoms with E-state index in [0.29, 0.717) is 25.4 Å². The molecule has 1 N–H and O–H groups in total. The molecule has 1 amide bonds. The molecule has 1 aliphatic heterocycles. The molecular formula is C18H28IN7O2. The second-order valence-electron chi connectivity index (χ2n) is 6.29. The summed E-state index contributed by atoms with van der Waals surface area (Å²) in [5.74, 6) is 2.19. The van der Waals surface area contributed by atoms with Gasteiger partial charge in [-0.05, 0) is 19.1 Å². The van der Waals surface area contributed by atoms with E-state index in [1.807, 2.05) is 9.47 Å². The number of carbonyl (C=O) groups is 1. The number of nitrogens with one attached hydrogen (secondary N) is 1. The Morgan fingerprint density at radius 2 is 2.00 bits per heavy atom. The Hall–Kier alpha value is -2.11. The van der Waals surface area contributed by atoms with Gasteiger partial charge in [0.2, 0.25) is 0 Å². The first-order valence-electron chi connectivity index (χ1n) is 9.45. The topological polar surface area (TPSA) is 91.8 Å². The standard InChI is InChI=1S/C18H27N7O2.HI/c1-3-16-22-21-14-25(16)8-7-20-18(19-4-2)24-11-9-23(10-12-24)17(26)15-6-5-13-27-15;/h5-6,13-14H,3-4,7-12H2,1-2H3,(H,19,20);1H. The van der Waals surface area contributed by atoms with Crippen molar-refractivity contribution in [3.05, 3.63) is 36.3 Å². The maximum atomic E-state index is 12.4. The number of hydrogen-bond acceptors (Lipinski definition) is 5. The molecule has 10 heteroatoms. The summed E-state index contributed by atoms with van der Waals surface area (Å²) >= 11 is 0. The molecule has 9 nitrogen and oxygen atoms in total. The Labute approximate surface area is 182 Å². The summed E-state index contributed by atoms with van der Waals surface area (Å²) in [6, 6.07) is 3.44. The van der Waals surface area contributed by atoms with Crippen molar-refractivity contribution in [1.29, 1.82) is 0 Å². The van der Waals surface area contributed by atoms with E-state index in [1.165, 1.54) is 6.26 Å². The molecular weight excluding hydrogens is 473 g/mol. The highest BCUT2D eigenvalue weighted by Gasteiger charge is 2.25. The quantitative estimate of drug-likeness (QED) is 0.367.